The number of carboxylic acids is 2. The largest absolute Gasteiger partial charge is 0.493 e. The molecule has 3 rings (SSSR count). The molecule has 186 valence electrons. The van der Waals surface area contributed by atoms with Crippen molar-refractivity contribution in [3.8, 4) is 5.75 Å². The first-order chi connectivity index (χ1) is 17.3. The minimum Gasteiger partial charge on any atom is -0.493 e. The number of hydrogen-bond donors (Lipinski definition) is 2. The number of rotatable bonds is 13. The monoisotopic (exact) mass is 486 g/mol. The van der Waals surface area contributed by atoms with Gasteiger partial charge in [-0.25, -0.2) is 4.79 Å². The Labute approximate surface area is 210 Å². The molecule has 6 heteroatoms. The molecule has 6 nitrogen and oxygen atoms in total. The van der Waals surface area contributed by atoms with E-state index in [1.54, 1.807) is 24.3 Å². The summed E-state index contributed by atoms with van der Waals surface area (Å²) in [6.45, 7) is 2.54. The van der Waals surface area contributed by atoms with Crippen LogP contribution in [0, 0.1) is 6.92 Å². The van der Waals surface area contributed by atoms with Crippen molar-refractivity contribution in [1.82, 2.24) is 0 Å². The van der Waals surface area contributed by atoms with E-state index in [1.165, 1.54) is 29.3 Å². The van der Waals surface area contributed by atoms with E-state index >= 15 is 0 Å². The van der Waals surface area contributed by atoms with Gasteiger partial charge in [0, 0.05) is 17.5 Å². The summed E-state index contributed by atoms with van der Waals surface area (Å²) < 4.78 is 5.93. The molecule has 2 N–H and O–H groups in total. The zero-order valence-corrected chi connectivity index (χ0v) is 20.3. The lowest BCUT2D eigenvalue weighted by molar-refractivity contribution is -0.136. The lowest BCUT2D eigenvalue weighted by atomic mass is 9.98. The summed E-state index contributed by atoms with van der Waals surface area (Å²) in [6, 6.07) is 19.1. The Kier molecular flexibility index (Phi) is 9.57. The number of unbranched alkanes of at least 4 members (excludes halogenated alkanes) is 2. The van der Waals surface area contributed by atoms with E-state index in [-0.39, 0.29) is 29.8 Å². The molecule has 0 fully saturated rings. The second-order valence-electron chi connectivity index (χ2n) is 8.59. The second kappa shape index (κ2) is 13.0. The van der Waals surface area contributed by atoms with Gasteiger partial charge in [-0.05, 0) is 74.1 Å². The Balaban J connectivity index is 1.60. The van der Waals surface area contributed by atoms with Crippen LogP contribution in [0.1, 0.15) is 68.7 Å². The van der Waals surface area contributed by atoms with Crippen molar-refractivity contribution in [2.45, 2.75) is 39.0 Å². The average molecular weight is 487 g/mol. The normalized spacial score (nSPS) is 10.9. The number of ketones is 1. The van der Waals surface area contributed by atoms with Gasteiger partial charge in [-0.15, -0.1) is 0 Å². The number of aromatic carboxylic acids is 1. The van der Waals surface area contributed by atoms with E-state index in [2.05, 4.69) is 43.3 Å². The maximum absolute atomic E-state index is 12.9. The fraction of sp³-hybridized carbons (Fsp3) is 0.233. The number of carbonyl (C=O) groups is 3. The molecule has 0 saturated carbocycles. The Morgan fingerprint density at radius 3 is 2.31 bits per heavy atom. The third kappa shape index (κ3) is 7.94. The van der Waals surface area contributed by atoms with Gasteiger partial charge in [0.1, 0.15) is 5.75 Å². The van der Waals surface area contributed by atoms with E-state index in [0.29, 0.717) is 23.5 Å². The highest BCUT2D eigenvalue weighted by atomic mass is 16.5. The van der Waals surface area contributed by atoms with Gasteiger partial charge in [0.05, 0.1) is 12.2 Å². The van der Waals surface area contributed by atoms with E-state index < -0.39 is 11.9 Å². The third-order valence-corrected chi connectivity index (χ3v) is 5.71. The van der Waals surface area contributed by atoms with Gasteiger partial charge in [-0.2, -0.15) is 0 Å². The molecule has 0 aliphatic heterocycles. The molecular formula is C30H30O6. The van der Waals surface area contributed by atoms with Crippen LogP contribution < -0.4 is 4.74 Å². The molecular weight excluding hydrogens is 456 g/mol. The molecule has 0 aliphatic rings. The smallest absolute Gasteiger partial charge is 0.335 e. The summed E-state index contributed by atoms with van der Waals surface area (Å²) in [5.41, 5.74) is 3.68. The number of ether oxygens (including phenoxy) is 1. The number of aryl methyl sites for hydroxylation is 2. The van der Waals surface area contributed by atoms with Crippen molar-refractivity contribution in [3.63, 3.8) is 0 Å². The summed E-state index contributed by atoms with van der Waals surface area (Å²) >= 11 is 0. The maximum Gasteiger partial charge on any atom is 0.335 e. The third-order valence-electron chi connectivity index (χ3n) is 5.71. The number of carbonyl (C=O) groups excluding carboxylic acids is 1. The van der Waals surface area contributed by atoms with Crippen molar-refractivity contribution < 1.29 is 29.3 Å². The van der Waals surface area contributed by atoms with Crippen LogP contribution in [0.2, 0.25) is 0 Å². The second-order valence-corrected chi connectivity index (χ2v) is 8.59. The SMILES string of the molecule is Cc1ccc(/C=C/CCCCOc2ccc(C(=O)c3cccc(C(=O)O)c3)cc2CCC(=O)O)cc1. The maximum atomic E-state index is 12.9. The highest BCUT2D eigenvalue weighted by Gasteiger charge is 2.15. The number of hydrogen-bond acceptors (Lipinski definition) is 4. The standard InChI is InChI=1S/C30H30O6/c1-21-10-12-22(13-11-21)7-4-2-3-5-18-36-27-16-14-25(19-23(27)15-17-28(31)32)29(33)24-8-6-9-26(20-24)30(34)35/h4,6-14,16,19-20H,2-3,5,15,17-18H2,1H3,(H,31,32)(H,34,35)/b7-4+. The van der Waals surface area contributed by atoms with E-state index in [1.807, 2.05) is 0 Å². The summed E-state index contributed by atoms with van der Waals surface area (Å²) in [6.07, 6.45) is 7.08. The fourth-order valence-electron chi connectivity index (χ4n) is 3.70. The molecule has 0 aliphatic carbocycles. The van der Waals surface area contributed by atoms with Gasteiger partial charge in [0.2, 0.25) is 0 Å². The molecule has 36 heavy (non-hydrogen) atoms. The van der Waals surface area contributed by atoms with Crippen molar-refractivity contribution in [2.75, 3.05) is 6.61 Å². The Morgan fingerprint density at radius 2 is 1.58 bits per heavy atom. The molecule has 0 bridgehead atoms. The minimum absolute atomic E-state index is 0.0283. The molecule has 3 aromatic carbocycles. The van der Waals surface area contributed by atoms with E-state index in [9.17, 15) is 19.5 Å². The molecule has 0 unspecified atom stereocenters. The van der Waals surface area contributed by atoms with Gasteiger partial charge in [-0.3, -0.25) is 9.59 Å². The molecule has 3 aromatic rings. The van der Waals surface area contributed by atoms with Crippen molar-refractivity contribution in [2.24, 2.45) is 0 Å². The Morgan fingerprint density at radius 1 is 0.861 bits per heavy atom. The lowest BCUT2D eigenvalue weighted by Crippen LogP contribution is -2.07. The molecule has 0 amide bonds. The number of benzene rings is 3. The molecule has 0 heterocycles. The molecule has 0 spiro atoms. The van der Waals surface area contributed by atoms with Crippen LogP contribution >= 0.6 is 0 Å². The predicted molar refractivity (Wildman–Crippen MR) is 139 cm³/mol. The van der Waals surface area contributed by atoms with E-state index in [4.69, 9.17) is 9.84 Å². The summed E-state index contributed by atoms with van der Waals surface area (Å²) in [4.78, 5) is 35.3. The predicted octanol–water partition coefficient (Wildman–Crippen LogP) is 6.20. The van der Waals surface area contributed by atoms with Crippen LogP contribution in [-0.2, 0) is 11.2 Å². The number of aliphatic carboxylic acids is 1. The quantitative estimate of drug-likeness (QED) is 0.220. The van der Waals surface area contributed by atoms with Gasteiger partial charge in [0.15, 0.2) is 5.78 Å². The van der Waals surface area contributed by atoms with Crippen molar-refractivity contribution >= 4 is 23.8 Å². The number of carboxylic acid groups (broad SMARTS) is 2. The van der Waals surface area contributed by atoms with Crippen LogP contribution in [-0.4, -0.2) is 34.5 Å². The molecule has 0 aromatic heterocycles. The van der Waals surface area contributed by atoms with Gasteiger partial charge < -0.3 is 14.9 Å². The number of allylic oxidation sites excluding steroid dienone is 1. The van der Waals surface area contributed by atoms with Crippen molar-refractivity contribution in [1.29, 1.82) is 0 Å². The van der Waals surface area contributed by atoms with Crippen LogP contribution in [0.25, 0.3) is 6.08 Å². The van der Waals surface area contributed by atoms with Crippen molar-refractivity contribution in [3.05, 3.63) is 106 Å². The Hall–Kier alpha value is -4.19. The van der Waals surface area contributed by atoms with Gasteiger partial charge >= 0.3 is 11.9 Å². The summed E-state index contributed by atoms with van der Waals surface area (Å²) in [5, 5.41) is 18.3. The first kappa shape index (κ1) is 26.4. The fourth-order valence-corrected chi connectivity index (χ4v) is 3.70. The molecule has 0 saturated heterocycles. The minimum atomic E-state index is -1.11. The first-order valence-electron chi connectivity index (χ1n) is 11.9. The first-order valence-corrected chi connectivity index (χ1v) is 11.9. The summed E-state index contributed by atoms with van der Waals surface area (Å²) in [7, 11) is 0. The van der Waals surface area contributed by atoms with E-state index in [0.717, 1.165) is 19.3 Å². The van der Waals surface area contributed by atoms with Gasteiger partial charge in [-0.1, -0.05) is 54.1 Å². The average Bonchev–Trinajstić information content (AvgIpc) is 2.88. The van der Waals surface area contributed by atoms with Gasteiger partial charge in [0.25, 0.3) is 0 Å². The van der Waals surface area contributed by atoms with Crippen LogP contribution in [0.15, 0.2) is 72.8 Å². The van der Waals surface area contributed by atoms with Crippen LogP contribution in [0.3, 0.4) is 0 Å². The zero-order chi connectivity index (χ0) is 25.9. The summed E-state index contributed by atoms with van der Waals surface area (Å²) in [5.74, 6) is -1.82. The lowest BCUT2D eigenvalue weighted by Gasteiger charge is -2.13. The van der Waals surface area contributed by atoms with Crippen LogP contribution in [0.5, 0.6) is 5.75 Å². The topological polar surface area (TPSA) is 101 Å². The highest BCUT2D eigenvalue weighted by Crippen LogP contribution is 2.24. The van der Waals surface area contributed by atoms with Crippen LogP contribution in [0.4, 0.5) is 0 Å². The highest BCUT2D eigenvalue weighted by molar-refractivity contribution is 6.10. The molecule has 0 radical (unpaired) electrons. The zero-order valence-electron chi connectivity index (χ0n) is 20.3. The Bertz CT molecular complexity index is 1240. The molecule has 0 atom stereocenters.